The molecule has 0 bridgehead atoms. The van der Waals surface area contributed by atoms with Gasteiger partial charge in [-0.15, -0.1) is 0 Å². The molecule has 0 saturated carbocycles. The van der Waals surface area contributed by atoms with E-state index in [1.807, 2.05) is 24.3 Å². The van der Waals surface area contributed by atoms with Gasteiger partial charge in [-0.25, -0.2) is 9.59 Å². The van der Waals surface area contributed by atoms with Gasteiger partial charge in [0, 0.05) is 0 Å². The van der Waals surface area contributed by atoms with Gasteiger partial charge in [0.1, 0.15) is 23.0 Å². The Morgan fingerprint density at radius 1 is 0.513 bits per heavy atom. The van der Waals surface area contributed by atoms with E-state index in [0.29, 0.717) is 28.2 Å². The van der Waals surface area contributed by atoms with Gasteiger partial charge in [-0.1, -0.05) is 48.5 Å². The van der Waals surface area contributed by atoms with Gasteiger partial charge in [-0.2, -0.15) is 0 Å². The number of esters is 2. The largest absolute Gasteiger partial charge is 0.508 e. The van der Waals surface area contributed by atoms with Crippen molar-refractivity contribution in [1.82, 2.24) is 0 Å². The van der Waals surface area contributed by atoms with Gasteiger partial charge in [0.25, 0.3) is 0 Å². The van der Waals surface area contributed by atoms with Crippen molar-refractivity contribution < 1.29 is 29.3 Å². The zero-order valence-electron chi connectivity index (χ0n) is 21.0. The molecule has 0 heterocycles. The SMILES string of the molecule is Cc1cc(OC(=O)c2ccc(-c3ccc(O)cc3)cc2)ccc1OC(=O)c1ccc(-c2ccc(O)cc2)cc1. The summed E-state index contributed by atoms with van der Waals surface area (Å²) in [5, 5.41) is 18.9. The van der Waals surface area contributed by atoms with Crippen LogP contribution in [0.15, 0.2) is 115 Å². The van der Waals surface area contributed by atoms with Gasteiger partial charge in [0.15, 0.2) is 0 Å². The lowest BCUT2D eigenvalue weighted by Gasteiger charge is -2.11. The van der Waals surface area contributed by atoms with Crippen LogP contribution in [0.4, 0.5) is 0 Å². The molecule has 2 N–H and O–H groups in total. The van der Waals surface area contributed by atoms with Crippen LogP contribution in [-0.2, 0) is 0 Å². The van der Waals surface area contributed by atoms with E-state index in [0.717, 1.165) is 22.3 Å². The minimum atomic E-state index is -0.509. The monoisotopic (exact) mass is 516 g/mol. The molecular weight excluding hydrogens is 492 g/mol. The quantitative estimate of drug-likeness (QED) is 0.183. The smallest absolute Gasteiger partial charge is 0.343 e. The standard InChI is InChI=1S/C33H24O6/c1-21-20-30(38-32(36)26-6-2-22(3-7-26)24-10-14-28(34)15-11-24)18-19-31(21)39-33(37)27-8-4-23(5-9-27)25-12-16-29(35)17-13-25/h2-20,34-35H,1H3. The Balaban J connectivity index is 1.21. The number of aromatic hydroxyl groups is 2. The van der Waals surface area contributed by atoms with E-state index >= 15 is 0 Å². The number of phenols is 2. The normalized spacial score (nSPS) is 10.6. The molecule has 0 spiro atoms. The minimum absolute atomic E-state index is 0.190. The number of aryl methyl sites for hydroxylation is 1. The van der Waals surface area contributed by atoms with E-state index in [2.05, 4.69) is 0 Å². The fourth-order valence-corrected chi connectivity index (χ4v) is 4.03. The van der Waals surface area contributed by atoms with Crippen LogP contribution < -0.4 is 9.47 Å². The Morgan fingerprint density at radius 2 is 0.897 bits per heavy atom. The van der Waals surface area contributed by atoms with E-state index in [9.17, 15) is 19.8 Å². The summed E-state index contributed by atoms with van der Waals surface area (Å²) >= 11 is 0. The van der Waals surface area contributed by atoms with Gasteiger partial charge >= 0.3 is 11.9 Å². The molecule has 0 amide bonds. The predicted molar refractivity (Wildman–Crippen MR) is 148 cm³/mol. The van der Waals surface area contributed by atoms with Gasteiger partial charge in [0.05, 0.1) is 11.1 Å². The topological polar surface area (TPSA) is 93.1 Å². The highest BCUT2D eigenvalue weighted by Gasteiger charge is 2.14. The molecule has 0 aliphatic heterocycles. The molecule has 0 aliphatic carbocycles. The average molecular weight is 517 g/mol. The highest BCUT2D eigenvalue weighted by atomic mass is 16.5. The Bertz CT molecular complexity index is 1620. The summed E-state index contributed by atoms with van der Waals surface area (Å²) in [5.41, 5.74) is 5.07. The van der Waals surface area contributed by atoms with Crippen molar-refractivity contribution in [2.75, 3.05) is 0 Å². The lowest BCUT2D eigenvalue weighted by Crippen LogP contribution is -2.10. The summed E-state index contributed by atoms with van der Waals surface area (Å²) in [6, 6.07) is 32.4. The van der Waals surface area contributed by atoms with Crippen molar-refractivity contribution in [3.63, 3.8) is 0 Å². The van der Waals surface area contributed by atoms with Gasteiger partial charge < -0.3 is 19.7 Å². The van der Waals surface area contributed by atoms with Crippen LogP contribution in [0.3, 0.4) is 0 Å². The molecular formula is C33H24O6. The van der Waals surface area contributed by atoms with E-state index in [1.165, 1.54) is 0 Å². The van der Waals surface area contributed by atoms with Crippen molar-refractivity contribution in [2.24, 2.45) is 0 Å². The zero-order chi connectivity index (χ0) is 27.4. The molecule has 5 aromatic rings. The van der Waals surface area contributed by atoms with Crippen LogP contribution >= 0.6 is 0 Å². The first-order chi connectivity index (χ1) is 18.9. The number of phenolic OH excluding ortho intramolecular Hbond substituents is 2. The number of ether oxygens (including phenoxy) is 2. The van der Waals surface area contributed by atoms with Crippen molar-refractivity contribution in [3.8, 4) is 45.3 Å². The molecule has 5 aromatic carbocycles. The lowest BCUT2D eigenvalue weighted by atomic mass is 10.0. The second kappa shape index (κ2) is 10.9. The number of carbonyl (C=O) groups is 2. The molecule has 6 heteroatoms. The van der Waals surface area contributed by atoms with Crippen LogP contribution in [0.5, 0.6) is 23.0 Å². The van der Waals surface area contributed by atoms with E-state index < -0.39 is 11.9 Å². The third kappa shape index (κ3) is 5.97. The summed E-state index contributed by atoms with van der Waals surface area (Å²) in [7, 11) is 0. The highest BCUT2D eigenvalue weighted by molar-refractivity contribution is 5.92. The first-order valence-electron chi connectivity index (χ1n) is 12.2. The lowest BCUT2D eigenvalue weighted by molar-refractivity contribution is 0.0718. The third-order valence-corrected chi connectivity index (χ3v) is 6.20. The first kappa shape index (κ1) is 25.3. The Labute approximate surface area is 225 Å². The van der Waals surface area contributed by atoms with Crippen LogP contribution in [0.1, 0.15) is 26.3 Å². The van der Waals surface area contributed by atoms with Crippen molar-refractivity contribution in [1.29, 1.82) is 0 Å². The first-order valence-corrected chi connectivity index (χ1v) is 12.2. The molecule has 6 nitrogen and oxygen atoms in total. The summed E-state index contributed by atoms with van der Waals surface area (Å²) in [5.74, 6) is 0.0594. The van der Waals surface area contributed by atoms with E-state index in [-0.39, 0.29) is 11.5 Å². The molecule has 0 atom stereocenters. The summed E-state index contributed by atoms with van der Waals surface area (Å²) < 4.78 is 11.1. The molecule has 0 radical (unpaired) electrons. The number of rotatable bonds is 6. The van der Waals surface area contributed by atoms with Crippen molar-refractivity contribution in [2.45, 2.75) is 6.92 Å². The van der Waals surface area contributed by atoms with Crippen molar-refractivity contribution in [3.05, 3.63) is 132 Å². The molecule has 0 unspecified atom stereocenters. The maximum atomic E-state index is 12.7. The molecule has 39 heavy (non-hydrogen) atoms. The van der Waals surface area contributed by atoms with Crippen LogP contribution in [0, 0.1) is 6.92 Å². The molecule has 192 valence electrons. The maximum absolute atomic E-state index is 12.7. The maximum Gasteiger partial charge on any atom is 0.343 e. The summed E-state index contributed by atoms with van der Waals surface area (Å²) in [6.07, 6.45) is 0. The fraction of sp³-hybridized carbons (Fsp3) is 0.0303. The van der Waals surface area contributed by atoms with Gasteiger partial charge in [0.2, 0.25) is 0 Å². The zero-order valence-corrected chi connectivity index (χ0v) is 21.0. The fourth-order valence-electron chi connectivity index (χ4n) is 4.03. The molecule has 0 saturated heterocycles. The van der Waals surface area contributed by atoms with Crippen molar-refractivity contribution >= 4 is 11.9 Å². The minimum Gasteiger partial charge on any atom is -0.508 e. The molecule has 0 aliphatic rings. The number of benzene rings is 5. The van der Waals surface area contributed by atoms with Crippen LogP contribution in [-0.4, -0.2) is 22.2 Å². The van der Waals surface area contributed by atoms with Gasteiger partial charge in [-0.05, 0) is 101 Å². The molecule has 5 rings (SSSR count). The van der Waals surface area contributed by atoms with E-state index in [1.54, 1.807) is 97.9 Å². The number of hydrogen-bond acceptors (Lipinski definition) is 6. The number of hydrogen-bond donors (Lipinski definition) is 2. The highest BCUT2D eigenvalue weighted by Crippen LogP contribution is 2.27. The summed E-state index contributed by atoms with van der Waals surface area (Å²) in [4.78, 5) is 25.4. The number of carbonyl (C=O) groups excluding carboxylic acids is 2. The average Bonchev–Trinajstić information content (AvgIpc) is 2.95. The van der Waals surface area contributed by atoms with E-state index in [4.69, 9.17) is 9.47 Å². The van der Waals surface area contributed by atoms with Gasteiger partial charge in [-0.3, -0.25) is 0 Å². The van der Waals surface area contributed by atoms with Crippen LogP contribution in [0.2, 0.25) is 0 Å². The molecule has 0 aromatic heterocycles. The summed E-state index contributed by atoms with van der Waals surface area (Å²) in [6.45, 7) is 1.76. The Kier molecular flexibility index (Phi) is 7.10. The second-order valence-corrected chi connectivity index (χ2v) is 8.95. The predicted octanol–water partition coefficient (Wildman–Crippen LogP) is 7.18. The Morgan fingerprint density at radius 3 is 1.31 bits per heavy atom. The second-order valence-electron chi connectivity index (χ2n) is 8.95. The Hall–Kier alpha value is -5.36. The van der Waals surface area contributed by atoms with Crippen LogP contribution in [0.25, 0.3) is 22.3 Å². The third-order valence-electron chi connectivity index (χ3n) is 6.20. The molecule has 0 fully saturated rings.